The molecule has 24 heavy (non-hydrogen) atoms. The third-order valence-corrected chi connectivity index (χ3v) is 6.38. The summed E-state index contributed by atoms with van der Waals surface area (Å²) >= 11 is 3.25. The van der Waals surface area contributed by atoms with Crippen LogP contribution in [0.1, 0.15) is 16.0 Å². The van der Waals surface area contributed by atoms with Gasteiger partial charge in [0.25, 0.3) is 10.0 Å². The summed E-state index contributed by atoms with van der Waals surface area (Å²) in [6.07, 6.45) is 1.74. The van der Waals surface area contributed by atoms with E-state index in [-0.39, 0.29) is 4.90 Å². The zero-order valence-corrected chi connectivity index (χ0v) is 15.5. The molecule has 0 aliphatic carbocycles. The van der Waals surface area contributed by atoms with Gasteiger partial charge in [0.05, 0.1) is 4.90 Å². The van der Waals surface area contributed by atoms with Crippen LogP contribution in [0.3, 0.4) is 0 Å². The van der Waals surface area contributed by atoms with Crippen LogP contribution in [-0.4, -0.2) is 8.42 Å². The highest BCUT2D eigenvalue weighted by Gasteiger charge is 2.13. The number of nitrogens with zero attached hydrogens (tertiary/aromatic N) is 2. The second-order valence-corrected chi connectivity index (χ2v) is 8.70. The fraction of sp³-hybridized carbons (Fsp3) is 0.176. The molecule has 0 spiro atoms. The minimum absolute atomic E-state index is 0.159. The molecule has 3 rings (SSSR count). The highest BCUT2D eigenvalue weighted by atomic mass is 32.2. The first-order chi connectivity index (χ1) is 11.5. The first-order valence-corrected chi connectivity index (χ1v) is 10.6. The number of rotatable bonds is 6. The standard InChI is InChI=1S/C17H16N2O2S3/c1-13-2-5-15(6-3-13)24(20,21)19-18-16-9-11-23-17(16)7-4-14-8-10-22-12-14/h2-3,5-6,8-12H,4,7H2,1H3. The van der Waals surface area contributed by atoms with Crippen LogP contribution in [0.5, 0.6) is 0 Å². The van der Waals surface area contributed by atoms with E-state index in [4.69, 9.17) is 0 Å². The van der Waals surface area contributed by atoms with Crippen molar-refractivity contribution in [1.29, 1.82) is 0 Å². The van der Waals surface area contributed by atoms with E-state index < -0.39 is 10.0 Å². The van der Waals surface area contributed by atoms with Gasteiger partial charge in [-0.15, -0.1) is 16.5 Å². The van der Waals surface area contributed by atoms with Crippen molar-refractivity contribution in [2.45, 2.75) is 24.7 Å². The summed E-state index contributed by atoms with van der Waals surface area (Å²) < 4.78 is 28.1. The Kier molecular flexibility index (Phi) is 5.23. The zero-order chi connectivity index (χ0) is 17.0. The van der Waals surface area contributed by atoms with E-state index >= 15 is 0 Å². The van der Waals surface area contributed by atoms with Gasteiger partial charge in [-0.25, -0.2) is 0 Å². The lowest BCUT2D eigenvalue weighted by Crippen LogP contribution is -1.95. The minimum Gasteiger partial charge on any atom is -0.198 e. The number of benzene rings is 1. The van der Waals surface area contributed by atoms with Gasteiger partial charge in [-0.1, -0.05) is 22.2 Å². The first kappa shape index (κ1) is 17.0. The molecule has 0 saturated carbocycles. The second-order valence-electron chi connectivity index (χ2n) is 5.33. The molecule has 124 valence electrons. The van der Waals surface area contributed by atoms with Gasteiger partial charge in [-0.3, -0.25) is 0 Å². The van der Waals surface area contributed by atoms with Crippen LogP contribution in [0.25, 0.3) is 0 Å². The molecule has 0 aliphatic heterocycles. The topological polar surface area (TPSA) is 58.9 Å². The highest BCUT2D eigenvalue weighted by Crippen LogP contribution is 2.28. The predicted molar refractivity (Wildman–Crippen MR) is 98.9 cm³/mol. The summed E-state index contributed by atoms with van der Waals surface area (Å²) in [7, 11) is -3.76. The van der Waals surface area contributed by atoms with Crippen molar-refractivity contribution in [3.8, 4) is 0 Å². The number of hydrogen-bond acceptors (Lipinski definition) is 5. The summed E-state index contributed by atoms with van der Waals surface area (Å²) in [4.78, 5) is 1.20. The largest absolute Gasteiger partial charge is 0.299 e. The third kappa shape index (κ3) is 4.17. The lowest BCUT2D eigenvalue weighted by molar-refractivity contribution is 0.595. The molecule has 0 atom stereocenters. The van der Waals surface area contributed by atoms with Crippen LogP contribution in [0.2, 0.25) is 0 Å². The van der Waals surface area contributed by atoms with Crippen LogP contribution < -0.4 is 0 Å². The maximum absolute atomic E-state index is 12.2. The molecule has 0 unspecified atom stereocenters. The number of hydrogen-bond donors (Lipinski definition) is 0. The van der Waals surface area contributed by atoms with Gasteiger partial charge < -0.3 is 0 Å². The molecule has 1 aromatic carbocycles. The Bertz CT molecular complexity index is 925. The minimum atomic E-state index is -3.76. The summed E-state index contributed by atoms with van der Waals surface area (Å²) in [6.45, 7) is 1.91. The molecule has 0 radical (unpaired) electrons. The quantitative estimate of drug-likeness (QED) is 0.543. The molecule has 2 aromatic heterocycles. The summed E-state index contributed by atoms with van der Waals surface area (Å²) in [5.74, 6) is 0. The van der Waals surface area contributed by atoms with Gasteiger partial charge in [-0.05, 0) is 65.7 Å². The highest BCUT2D eigenvalue weighted by molar-refractivity contribution is 7.90. The molecular formula is C17H16N2O2S3. The molecule has 7 heteroatoms. The molecular weight excluding hydrogens is 360 g/mol. The summed E-state index contributed by atoms with van der Waals surface area (Å²) in [5.41, 5.74) is 2.91. The second kappa shape index (κ2) is 7.38. The Morgan fingerprint density at radius 3 is 2.50 bits per heavy atom. The maximum Gasteiger partial charge on any atom is 0.299 e. The smallest absolute Gasteiger partial charge is 0.198 e. The third-order valence-electron chi connectivity index (χ3n) is 3.52. The van der Waals surface area contributed by atoms with E-state index in [1.54, 1.807) is 46.9 Å². The number of sulfonamides is 1. The van der Waals surface area contributed by atoms with Gasteiger partial charge in [-0.2, -0.15) is 19.8 Å². The molecule has 0 N–H and O–H groups in total. The van der Waals surface area contributed by atoms with Crippen molar-refractivity contribution in [3.63, 3.8) is 0 Å². The van der Waals surface area contributed by atoms with Crippen molar-refractivity contribution < 1.29 is 8.42 Å². The van der Waals surface area contributed by atoms with Gasteiger partial charge in [0.1, 0.15) is 5.69 Å². The Morgan fingerprint density at radius 2 is 1.79 bits per heavy atom. The van der Waals surface area contributed by atoms with Gasteiger partial charge >= 0.3 is 0 Å². The summed E-state index contributed by atoms with van der Waals surface area (Å²) in [6, 6.07) is 10.5. The lowest BCUT2D eigenvalue weighted by Gasteiger charge is -2.00. The SMILES string of the molecule is Cc1ccc(S(=O)(=O)N=Nc2ccsc2CCc2ccsc2)cc1. The van der Waals surface area contributed by atoms with E-state index in [0.717, 1.165) is 23.3 Å². The van der Waals surface area contributed by atoms with Gasteiger partial charge in [0, 0.05) is 4.88 Å². The normalized spacial score (nSPS) is 12.0. The molecule has 4 nitrogen and oxygen atoms in total. The van der Waals surface area contributed by atoms with Gasteiger partial charge in [0.15, 0.2) is 0 Å². The number of aryl methyl sites for hydroxylation is 3. The van der Waals surface area contributed by atoms with Crippen molar-refractivity contribution in [2.24, 2.45) is 9.63 Å². The average molecular weight is 377 g/mol. The predicted octanol–water partition coefficient (Wildman–Crippen LogP) is 5.38. The lowest BCUT2D eigenvalue weighted by atomic mass is 10.1. The van der Waals surface area contributed by atoms with Crippen molar-refractivity contribution in [3.05, 3.63) is 68.5 Å². The van der Waals surface area contributed by atoms with Crippen LogP contribution in [-0.2, 0) is 22.9 Å². The van der Waals surface area contributed by atoms with Crippen molar-refractivity contribution in [1.82, 2.24) is 0 Å². The van der Waals surface area contributed by atoms with E-state index in [9.17, 15) is 8.42 Å². The first-order valence-electron chi connectivity index (χ1n) is 7.37. The molecule has 3 aromatic rings. The van der Waals surface area contributed by atoms with Crippen LogP contribution in [0, 0.1) is 6.92 Å². The Morgan fingerprint density at radius 1 is 1.00 bits per heavy atom. The fourth-order valence-corrected chi connectivity index (χ4v) is 4.44. The maximum atomic E-state index is 12.2. The van der Waals surface area contributed by atoms with Crippen LogP contribution in [0.4, 0.5) is 5.69 Å². The monoisotopic (exact) mass is 376 g/mol. The Balaban J connectivity index is 1.74. The fourth-order valence-electron chi connectivity index (χ4n) is 2.16. The zero-order valence-electron chi connectivity index (χ0n) is 13.0. The number of thiophene rings is 2. The van der Waals surface area contributed by atoms with Crippen LogP contribution >= 0.6 is 22.7 Å². The molecule has 2 heterocycles. The molecule has 0 amide bonds. The molecule has 0 bridgehead atoms. The van der Waals surface area contributed by atoms with Crippen molar-refractivity contribution in [2.75, 3.05) is 0 Å². The van der Waals surface area contributed by atoms with Gasteiger partial charge in [0.2, 0.25) is 0 Å². The van der Waals surface area contributed by atoms with E-state index in [1.807, 2.05) is 18.4 Å². The van der Waals surface area contributed by atoms with E-state index in [1.165, 1.54) is 5.56 Å². The molecule has 0 fully saturated rings. The van der Waals surface area contributed by atoms with E-state index in [2.05, 4.69) is 26.5 Å². The molecule has 0 aliphatic rings. The Labute approximate surface area is 149 Å². The molecule has 0 saturated heterocycles. The summed E-state index contributed by atoms with van der Waals surface area (Å²) in [5, 5.41) is 10.1. The van der Waals surface area contributed by atoms with E-state index in [0.29, 0.717) is 5.69 Å². The Hall–Kier alpha value is -1.83. The average Bonchev–Trinajstić information content (AvgIpc) is 3.23. The van der Waals surface area contributed by atoms with Crippen molar-refractivity contribution >= 4 is 38.4 Å². The van der Waals surface area contributed by atoms with Crippen LogP contribution in [0.15, 0.2) is 67.1 Å².